The zero-order valence-corrected chi connectivity index (χ0v) is 12.4. The van der Waals surface area contributed by atoms with Crippen molar-refractivity contribution in [2.45, 2.75) is 23.2 Å². The molecule has 9 heteroatoms. The number of halogens is 2. The molecule has 2 heterocycles. The third-order valence-electron chi connectivity index (χ3n) is 3.08. The van der Waals surface area contributed by atoms with Crippen molar-refractivity contribution >= 4 is 22.7 Å². The van der Waals surface area contributed by atoms with E-state index in [0.29, 0.717) is 26.9 Å². The Hall–Kier alpha value is -2.13. The van der Waals surface area contributed by atoms with Gasteiger partial charge in [-0.2, -0.15) is 0 Å². The largest absolute Gasteiger partial charge is 0.324 e. The van der Waals surface area contributed by atoms with E-state index in [1.807, 2.05) is 0 Å². The van der Waals surface area contributed by atoms with Crippen LogP contribution in [0.25, 0.3) is 10.9 Å². The maximum Gasteiger partial charge on any atom is 0.297 e. The zero-order chi connectivity index (χ0) is 15.7. The van der Waals surface area contributed by atoms with Crippen molar-refractivity contribution in [3.8, 4) is 0 Å². The van der Waals surface area contributed by atoms with Crippen molar-refractivity contribution in [1.82, 2.24) is 24.7 Å². The molecule has 0 spiro atoms. The van der Waals surface area contributed by atoms with Crippen LogP contribution in [0.5, 0.6) is 0 Å². The molecule has 6 nitrogen and oxygen atoms in total. The number of aromatic nitrogens is 5. The number of rotatable bonds is 4. The minimum atomic E-state index is -2.73. The van der Waals surface area contributed by atoms with Crippen LogP contribution in [-0.2, 0) is 13.6 Å². The van der Waals surface area contributed by atoms with E-state index in [1.165, 1.54) is 0 Å². The molecule has 0 saturated carbocycles. The van der Waals surface area contributed by atoms with Crippen molar-refractivity contribution < 1.29 is 8.78 Å². The molecular formula is C13H12F2N6S. The van der Waals surface area contributed by atoms with Gasteiger partial charge in [-0.25, -0.2) is 18.7 Å². The van der Waals surface area contributed by atoms with Crippen molar-refractivity contribution in [1.29, 1.82) is 0 Å². The number of hydrogen-bond acceptors (Lipinski definition) is 6. The molecule has 22 heavy (non-hydrogen) atoms. The Morgan fingerprint density at radius 3 is 2.68 bits per heavy atom. The Balaban J connectivity index is 2.10. The van der Waals surface area contributed by atoms with Crippen LogP contribution >= 0.6 is 11.8 Å². The fraction of sp³-hybridized carbons (Fsp3) is 0.231. The lowest BCUT2D eigenvalue weighted by Gasteiger charge is -2.07. The Morgan fingerprint density at radius 2 is 2.00 bits per heavy atom. The second-order valence-electron chi connectivity index (χ2n) is 4.47. The second kappa shape index (κ2) is 5.93. The van der Waals surface area contributed by atoms with Gasteiger partial charge in [0.05, 0.1) is 12.1 Å². The molecule has 0 radical (unpaired) electrons. The SMILES string of the molecule is Cn1c(CN)nnc1Sc1nc(C(F)F)nc2ccccc12. The number of nitrogens with zero attached hydrogens (tertiary/aromatic N) is 5. The van der Waals surface area contributed by atoms with E-state index in [0.717, 1.165) is 11.8 Å². The van der Waals surface area contributed by atoms with Gasteiger partial charge < -0.3 is 10.3 Å². The summed E-state index contributed by atoms with van der Waals surface area (Å²) in [5.41, 5.74) is 6.02. The lowest BCUT2D eigenvalue weighted by molar-refractivity contribution is 0.140. The normalized spacial score (nSPS) is 11.5. The van der Waals surface area contributed by atoms with Gasteiger partial charge in [-0.15, -0.1) is 10.2 Å². The topological polar surface area (TPSA) is 82.5 Å². The lowest BCUT2D eigenvalue weighted by atomic mass is 10.2. The monoisotopic (exact) mass is 322 g/mol. The lowest BCUT2D eigenvalue weighted by Crippen LogP contribution is -2.05. The van der Waals surface area contributed by atoms with Gasteiger partial charge in [0.25, 0.3) is 6.43 Å². The molecule has 0 atom stereocenters. The van der Waals surface area contributed by atoms with Crippen LogP contribution in [0.15, 0.2) is 34.4 Å². The highest BCUT2D eigenvalue weighted by molar-refractivity contribution is 7.99. The van der Waals surface area contributed by atoms with Gasteiger partial charge in [-0.3, -0.25) is 0 Å². The minimum absolute atomic E-state index is 0.247. The van der Waals surface area contributed by atoms with Crippen molar-refractivity contribution in [3.63, 3.8) is 0 Å². The molecule has 0 aliphatic carbocycles. The fourth-order valence-corrected chi connectivity index (χ4v) is 2.86. The number of nitrogens with two attached hydrogens (primary N) is 1. The summed E-state index contributed by atoms with van der Waals surface area (Å²) in [4.78, 5) is 7.84. The zero-order valence-electron chi connectivity index (χ0n) is 11.6. The molecule has 2 aromatic heterocycles. The molecule has 3 aromatic rings. The van der Waals surface area contributed by atoms with Gasteiger partial charge in [-0.1, -0.05) is 18.2 Å². The summed E-state index contributed by atoms with van der Waals surface area (Å²) >= 11 is 1.16. The standard InChI is InChI=1S/C13H12F2N6S/c1-21-9(6-16)19-20-13(21)22-12-7-4-2-3-5-8(7)17-11(18-12)10(14)15/h2-5,10H,6,16H2,1H3. The Labute approximate surface area is 128 Å². The first kappa shape index (κ1) is 14.8. The summed E-state index contributed by atoms with van der Waals surface area (Å²) in [6, 6.07) is 7.01. The van der Waals surface area contributed by atoms with Gasteiger partial charge in [-0.05, 0) is 17.8 Å². The van der Waals surface area contributed by atoms with Crippen LogP contribution in [0.3, 0.4) is 0 Å². The summed E-state index contributed by atoms with van der Waals surface area (Å²) < 4.78 is 27.6. The van der Waals surface area contributed by atoms with Gasteiger partial charge in [0.2, 0.25) is 0 Å². The number of alkyl halides is 2. The molecule has 3 rings (SSSR count). The van der Waals surface area contributed by atoms with E-state index in [9.17, 15) is 8.78 Å². The van der Waals surface area contributed by atoms with Crippen LogP contribution in [0, 0.1) is 0 Å². The molecule has 1 aromatic carbocycles. The molecule has 0 fully saturated rings. The van der Waals surface area contributed by atoms with Crippen LogP contribution in [0.4, 0.5) is 8.78 Å². The maximum absolute atomic E-state index is 13.0. The van der Waals surface area contributed by atoms with Gasteiger partial charge in [0, 0.05) is 12.4 Å². The van der Waals surface area contributed by atoms with E-state index in [4.69, 9.17) is 5.73 Å². The molecule has 0 unspecified atom stereocenters. The average molecular weight is 322 g/mol. The molecule has 0 bridgehead atoms. The highest BCUT2D eigenvalue weighted by Crippen LogP contribution is 2.32. The molecule has 0 aliphatic heterocycles. The molecule has 0 amide bonds. The number of fused-ring (bicyclic) bond motifs is 1. The number of para-hydroxylation sites is 1. The summed E-state index contributed by atoms with van der Waals surface area (Å²) in [6.07, 6.45) is -2.73. The molecule has 2 N–H and O–H groups in total. The molecule has 114 valence electrons. The molecule has 0 aliphatic rings. The minimum Gasteiger partial charge on any atom is -0.324 e. The van der Waals surface area contributed by atoms with Crippen molar-refractivity contribution in [2.75, 3.05) is 0 Å². The highest BCUT2D eigenvalue weighted by atomic mass is 32.2. The van der Waals surface area contributed by atoms with E-state index in [1.54, 1.807) is 35.9 Å². The Morgan fingerprint density at radius 1 is 1.23 bits per heavy atom. The second-order valence-corrected chi connectivity index (χ2v) is 5.42. The van der Waals surface area contributed by atoms with E-state index in [-0.39, 0.29) is 6.54 Å². The smallest absolute Gasteiger partial charge is 0.297 e. The first-order valence-electron chi connectivity index (χ1n) is 6.41. The predicted molar refractivity (Wildman–Crippen MR) is 77.5 cm³/mol. The Bertz CT molecular complexity index is 819. The highest BCUT2D eigenvalue weighted by Gasteiger charge is 2.18. The van der Waals surface area contributed by atoms with Gasteiger partial charge in [0.15, 0.2) is 11.0 Å². The van der Waals surface area contributed by atoms with Crippen molar-refractivity contribution in [3.05, 3.63) is 35.9 Å². The first-order chi connectivity index (χ1) is 10.6. The quantitative estimate of drug-likeness (QED) is 0.742. The fourth-order valence-electron chi connectivity index (χ4n) is 1.94. The van der Waals surface area contributed by atoms with E-state index >= 15 is 0 Å². The molecular weight excluding hydrogens is 310 g/mol. The predicted octanol–water partition coefficient (Wildman–Crippen LogP) is 2.31. The van der Waals surface area contributed by atoms with E-state index in [2.05, 4.69) is 20.2 Å². The summed E-state index contributed by atoms with van der Waals surface area (Å²) in [5, 5.41) is 9.59. The van der Waals surface area contributed by atoms with Crippen molar-refractivity contribution in [2.24, 2.45) is 12.8 Å². The third-order valence-corrected chi connectivity index (χ3v) is 4.12. The Kier molecular flexibility index (Phi) is 3.99. The number of benzene rings is 1. The van der Waals surface area contributed by atoms with Crippen LogP contribution in [0.2, 0.25) is 0 Å². The number of hydrogen-bond donors (Lipinski definition) is 1. The first-order valence-corrected chi connectivity index (χ1v) is 7.23. The summed E-state index contributed by atoms with van der Waals surface area (Å²) in [6.45, 7) is 0.247. The van der Waals surface area contributed by atoms with E-state index < -0.39 is 12.2 Å². The molecule has 0 saturated heterocycles. The third kappa shape index (κ3) is 2.64. The summed E-state index contributed by atoms with van der Waals surface area (Å²) in [5.74, 6) is 0.109. The van der Waals surface area contributed by atoms with Gasteiger partial charge in [0.1, 0.15) is 10.9 Å². The summed E-state index contributed by atoms with van der Waals surface area (Å²) in [7, 11) is 1.77. The maximum atomic E-state index is 13.0. The van der Waals surface area contributed by atoms with Crippen LogP contribution in [-0.4, -0.2) is 24.7 Å². The van der Waals surface area contributed by atoms with Crippen LogP contribution in [0.1, 0.15) is 18.1 Å². The van der Waals surface area contributed by atoms with Gasteiger partial charge >= 0.3 is 0 Å². The van der Waals surface area contributed by atoms with Crippen LogP contribution < -0.4 is 5.73 Å². The average Bonchev–Trinajstić information content (AvgIpc) is 2.87.